The highest BCUT2D eigenvalue weighted by atomic mass is 35.5. The lowest BCUT2D eigenvalue weighted by molar-refractivity contribution is -0.124. The fourth-order valence-electron chi connectivity index (χ4n) is 3.08. The second-order valence-electron chi connectivity index (χ2n) is 6.06. The molecule has 25 heavy (non-hydrogen) atoms. The van der Waals surface area contributed by atoms with Gasteiger partial charge in [0.1, 0.15) is 5.75 Å². The van der Waals surface area contributed by atoms with Gasteiger partial charge in [-0.2, -0.15) is 0 Å². The third-order valence-electron chi connectivity index (χ3n) is 4.49. The van der Waals surface area contributed by atoms with Gasteiger partial charge in [-0.25, -0.2) is 8.42 Å². The summed E-state index contributed by atoms with van der Waals surface area (Å²) in [6, 6.07) is 7.67. The molecule has 1 heterocycles. The van der Waals surface area contributed by atoms with Crippen LogP contribution < -0.4 is 15.4 Å². The van der Waals surface area contributed by atoms with Crippen molar-refractivity contribution >= 4 is 28.2 Å². The first kappa shape index (κ1) is 21.7. The Balaban J connectivity index is 0.00000312. The summed E-state index contributed by atoms with van der Waals surface area (Å²) < 4.78 is 28.7. The molecular weight excluding hydrogens is 364 g/mol. The minimum atomic E-state index is -3.48. The average Bonchev–Trinajstić information content (AvgIpc) is 2.56. The van der Waals surface area contributed by atoms with E-state index in [1.54, 1.807) is 0 Å². The van der Waals surface area contributed by atoms with E-state index in [1.165, 1.54) is 0 Å². The van der Waals surface area contributed by atoms with Gasteiger partial charge in [0.15, 0.2) is 14.6 Å². The van der Waals surface area contributed by atoms with Crippen LogP contribution in [0.4, 0.5) is 0 Å². The number of sulfone groups is 1. The van der Waals surface area contributed by atoms with Crippen molar-refractivity contribution in [3.8, 4) is 5.75 Å². The molecule has 2 rings (SSSR count). The van der Waals surface area contributed by atoms with E-state index in [1.807, 2.05) is 31.2 Å². The summed E-state index contributed by atoms with van der Waals surface area (Å²) in [5.74, 6) is 0.411. The van der Waals surface area contributed by atoms with E-state index in [9.17, 15) is 13.2 Å². The number of nitrogens with one attached hydrogen (secondary N) is 2. The first-order chi connectivity index (χ1) is 11.4. The van der Waals surface area contributed by atoms with Crippen molar-refractivity contribution in [1.82, 2.24) is 10.6 Å². The van der Waals surface area contributed by atoms with E-state index in [0.717, 1.165) is 17.6 Å². The number of rotatable bonds is 7. The maximum Gasteiger partial charge on any atom is 0.241 e. The molecule has 1 saturated heterocycles. The molecule has 0 unspecified atom stereocenters. The number of para-hydroxylation sites is 1. The quantitative estimate of drug-likeness (QED) is 0.733. The van der Waals surface area contributed by atoms with E-state index in [0.29, 0.717) is 45.5 Å². The van der Waals surface area contributed by atoms with Crippen LogP contribution in [0.2, 0.25) is 0 Å². The Labute approximate surface area is 156 Å². The molecule has 0 radical (unpaired) electrons. The summed E-state index contributed by atoms with van der Waals surface area (Å²) in [6.45, 7) is 3.95. The Bertz CT molecular complexity index is 673. The van der Waals surface area contributed by atoms with Crippen LogP contribution in [0.15, 0.2) is 24.3 Å². The molecule has 0 bridgehead atoms. The van der Waals surface area contributed by atoms with Crippen LogP contribution in [-0.2, 0) is 21.1 Å². The number of amides is 1. The highest BCUT2D eigenvalue weighted by Gasteiger charge is 2.48. The van der Waals surface area contributed by atoms with E-state index in [4.69, 9.17) is 4.74 Å². The number of hydrogen-bond donors (Lipinski definition) is 2. The number of carbonyl (C=O) groups excluding carboxylic acids is 1. The zero-order valence-corrected chi connectivity index (χ0v) is 16.3. The number of halogens is 1. The van der Waals surface area contributed by atoms with Crippen LogP contribution in [0.5, 0.6) is 5.75 Å². The summed E-state index contributed by atoms with van der Waals surface area (Å²) in [5.41, 5.74) is 0.998. The minimum Gasteiger partial charge on any atom is -0.494 e. The Kier molecular flexibility index (Phi) is 8.18. The lowest BCUT2D eigenvalue weighted by atomic mass is 9.95. The number of benzene rings is 1. The monoisotopic (exact) mass is 390 g/mol. The molecule has 0 aromatic heterocycles. The highest BCUT2D eigenvalue weighted by Crippen LogP contribution is 2.28. The SMILES string of the molecule is CCOc1ccccc1CCNC(=O)C1(S(C)(=O)=O)CCNCC1.Cl. The van der Waals surface area contributed by atoms with Gasteiger partial charge >= 0.3 is 0 Å². The van der Waals surface area contributed by atoms with E-state index < -0.39 is 14.6 Å². The number of hydrogen-bond acceptors (Lipinski definition) is 5. The van der Waals surface area contributed by atoms with Crippen LogP contribution >= 0.6 is 12.4 Å². The van der Waals surface area contributed by atoms with Gasteiger partial charge in [-0.05, 0) is 50.9 Å². The largest absolute Gasteiger partial charge is 0.494 e. The van der Waals surface area contributed by atoms with Crippen molar-refractivity contribution in [2.24, 2.45) is 0 Å². The fraction of sp³-hybridized carbons (Fsp3) is 0.588. The van der Waals surface area contributed by atoms with Crippen molar-refractivity contribution in [2.45, 2.75) is 30.9 Å². The maximum absolute atomic E-state index is 12.6. The normalized spacial score (nSPS) is 16.6. The summed E-state index contributed by atoms with van der Waals surface area (Å²) in [6.07, 6.45) is 2.38. The van der Waals surface area contributed by atoms with E-state index >= 15 is 0 Å². The van der Waals surface area contributed by atoms with Gasteiger partial charge in [-0.1, -0.05) is 18.2 Å². The summed E-state index contributed by atoms with van der Waals surface area (Å²) >= 11 is 0. The number of carbonyl (C=O) groups is 1. The molecule has 2 N–H and O–H groups in total. The number of ether oxygens (including phenoxy) is 1. The van der Waals surface area contributed by atoms with Crippen LogP contribution in [0.3, 0.4) is 0 Å². The summed E-state index contributed by atoms with van der Waals surface area (Å²) in [7, 11) is -3.48. The first-order valence-corrected chi connectivity index (χ1v) is 10.2. The minimum absolute atomic E-state index is 0. The lowest BCUT2D eigenvalue weighted by Gasteiger charge is -2.34. The summed E-state index contributed by atoms with van der Waals surface area (Å²) in [5, 5.41) is 5.93. The molecule has 1 aliphatic rings. The van der Waals surface area contributed by atoms with Gasteiger partial charge in [-0.15, -0.1) is 12.4 Å². The van der Waals surface area contributed by atoms with E-state index in [-0.39, 0.29) is 18.3 Å². The zero-order valence-electron chi connectivity index (χ0n) is 14.7. The van der Waals surface area contributed by atoms with Crippen molar-refractivity contribution < 1.29 is 17.9 Å². The van der Waals surface area contributed by atoms with Gasteiger partial charge in [0, 0.05) is 12.8 Å². The molecule has 0 aliphatic carbocycles. The van der Waals surface area contributed by atoms with Gasteiger partial charge in [-0.3, -0.25) is 4.79 Å². The van der Waals surface area contributed by atoms with Gasteiger partial charge in [0.05, 0.1) is 6.61 Å². The van der Waals surface area contributed by atoms with Crippen molar-refractivity contribution in [1.29, 1.82) is 0 Å². The third-order valence-corrected chi connectivity index (χ3v) is 6.50. The second kappa shape index (κ2) is 9.40. The third kappa shape index (κ3) is 5.09. The Morgan fingerprint density at radius 3 is 2.52 bits per heavy atom. The molecule has 0 saturated carbocycles. The molecule has 1 aromatic carbocycles. The maximum atomic E-state index is 12.6. The smallest absolute Gasteiger partial charge is 0.241 e. The van der Waals surface area contributed by atoms with Crippen molar-refractivity contribution in [2.75, 3.05) is 32.5 Å². The van der Waals surface area contributed by atoms with E-state index in [2.05, 4.69) is 10.6 Å². The van der Waals surface area contributed by atoms with Crippen molar-refractivity contribution in [3.63, 3.8) is 0 Å². The predicted molar refractivity (Wildman–Crippen MR) is 101 cm³/mol. The molecule has 6 nitrogen and oxygen atoms in total. The Morgan fingerprint density at radius 2 is 1.92 bits per heavy atom. The zero-order chi connectivity index (χ0) is 17.6. The van der Waals surface area contributed by atoms with Crippen molar-refractivity contribution in [3.05, 3.63) is 29.8 Å². The predicted octanol–water partition coefficient (Wildman–Crippen LogP) is 1.33. The van der Waals surface area contributed by atoms with Gasteiger partial charge < -0.3 is 15.4 Å². The Morgan fingerprint density at radius 1 is 1.28 bits per heavy atom. The Hall–Kier alpha value is -1.31. The fourth-order valence-corrected chi connectivity index (χ4v) is 4.43. The van der Waals surface area contributed by atoms with Crippen LogP contribution in [0, 0.1) is 0 Å². The molecular formula is C17H27ClN2O4S. The molecule has 1 aromatic rings. The lowest BCUT2D eigenvalue weighted by Crippen LogP contribution is -2.57. The van der Waals surface area contributed by atoms with Crippen LogP contribution in [-0.4, -0.2) is 51.6 Å². The summed E-state index contributed by atoms with van der Waals surface area (Å²) in [4.78, 5) is 12.6. The molecule has 142 valence electrons. The topological polar surface area (TPSA) is 84.5 Å². The average molecular weight is 391 g/mol. The standard InChI is InChI=1S/C17H26N2O4S.ClH/c1-3-23-15-7-5-4-6-14(15)8-11-19-16(20)17(24(2,21)22)9-12-18-13-10-17;/h4-7,18H,3,8-13H2,1-2H3,(H,19,20);1H. The van der Waals surface area contributed by atoms with Crippen LogP contribution in [0.25, 0.3) is 0 Å². The molecule has 8 heteroatoms. The molecule has 0 atom stereocenters. The molecule has 1 amide bonds. The second-order valence-corrected chi connectivity index (χ2v) is 8.39. The van der Waals surface area contributed by atoms with Crippen LogP contribution in [0.1, 0.15) is 25.3 Å². The number of piperidine rings is 1. The molecule has 1 fully saturated rings. The highest BCUT2D eigenvalue weighted by molar-refractivity contribution is 7.92. The van der Waals surface area contributed by atoms with Gasteiger partial charge in [0.2, 0.25) is 5.91 Å². The molecule has 0 spiro atoms. The first-order valence-electron chi connectivity index (χ1n) is 8.30. The molecule has 1 aliphatic heterocycles. The van der Waals surface area contributed by atoms with Gasteiger partial charge in [0.25, 0.3) is 0 Å².